The summed E-state index contributed by atoms with van der Waals surface area (Å²) in [4.78, 5) is 15.5. The molecule has 3 atom stereocenters. The molecule has 1 fully saturated rings. The molecule has 9 heteroatoms. The van der Waals surface area contributed by atoms with Crippen LogP contribution in [0.2, 0.25) is 0 Å². The Kier molecular flexibility index (Phi) is 4.73. The number of nitrogens with one attached hydrogen (secondary N) is 1. The van der Waals surface area contributed by atoms with Crippen LogP contribution in [0.25, 0.3) is 6.08 Å². The first-order valence-electron chi connectivity index (χ1n) is 5.85. The molecule has 0 bridgehead atoms. The average molecular weight is 304 g/mol. The second kappa shape index (κ2) is 6.33. The van der Waals surface area contributed by atoms with Crippen LogP contribution in [0.15, 0.2) is 16.5 Å². The van der Waals surface area contributed by atoms with E-state index in [2.05, 4.69) is 4.98 Å². The van der Waals surface area contributed by atoms with Gasteiger partial charge in [-0.3, -0.25) is 15.3 Å². The molecule has 1 unspecified atom stereocenters. The molecule has 4 N–H and O–H groups in total. The van der Waals surface area contributed by atoms with Crippen molar-refractivity contribution in [2.75, 3.05) is 12.1 Å². The summed E-state index contributed by atoms with van der Waals surface area (Å²) in [6.07, 6.45) is 0.558. The molecular formula is C11H14ClN3O5. The van der Waals surface area contributed by atoms with Crippen molar-refractivity contribution in [3.05, 3.63) is 27.8 Å². The van der Waals surface area contributed by atoms with Gasteiger partial charge in [-0.2, -0.15) is 4.98 Å². The molecule has 1 aromatic heterocycles. The van der Waals surface area contributed by atoms with Crippen LogP contribution >= 0.6 is 11.6 Å². The molecule has 1 saturated heterocycles. The standard InChI is InChI=1S/C11H14ClN3O5/c12-2-1-6-4-15(11(18)13-9(6)14-19)10-8(17)3-7(5-16)20-10/h1-2,4,7-8,10,16-17,19H,3,5H2,(H,13,14,18)/t7-,8?,10+/m0/s1. The van der Waals surface area contributed by atoms with Crippen LogP contribution in [0.1, 0.15) is 18.2 Å². The molecule has 110 valence electrons. The Morgan fingerprint density at radius 1 is 1.65 bits per heavy atom. The van der Waals surface area contributed by atoms with Gasteiger partial charge in [-0.25, -0.2) is 4.79 Å². The fourth-order valence-corrected chi connectivity index (χ4v) is 2.18. The van der Waals surface area contributed by atoms with E-state index in [-0.39, 0.29) is 18.8 Å². The van der Waals surface area contributed by atoms with E-state index >= 15 is 0 Å². The zero-order valence-electron chi connectivity index (χ0n) is 10.3. The van der Waals surface area contributed by atoms with E-state index in [1.54, 1.807) is 5.48 Å². The predicted octanol–water partition coefficient (Wildman–Crippen LogP) is -0.105. The minimum atomic E-state index is -0.942. The lowest BCUT2D eigenvalue weighted by molar-refractivity contribution is -0.0530. The molecule has 0 aromatic carbocycles. The number of aliphatic hydroxyl groups is 2. The van der Waals surface area contributed by atoms with Gasteiger partial charge in [-0.15, -0.1) is 0 Å². The van der Waals surface area contributed by atoms with Gasteiger partial charge in [-0.1, -0.05) is 11.6 Å². The number of nitrogens with zero attached hydrogens (tertiary/aromatic N) is 2. The highest BCUT2D eigenvalue weighted by atomic mass is 35.5. The first kappa shape index (κ1) is 14.9. The van der Waals surface area contributed by atoms with Gasteiger partial charge >= 0.3 is 5.69 Å². The van der Waals surface area contributed by atoms with Crippen LogP contribution in [0, 0.1) is 0 Å². The molecule has 20 heavy (non-hydrogen) atoms. The molecule has 8 nitrogen and oxygen atoms in total. The van der Waals surface area contributed by atoms with Gasteiger partial charge in [0.25, 0.3) is 0 Å². The summed E-state index contributed by atoms with van der Waals surface area (Å²) in [5.74, 6) is -0.0608. The number of hydrogen-bond donors (Lipinski definition) is 4. The van der Waals surface area contributed by atoms with E-state index in [1.807, 2.05) is 0 Å². The van der Waals surface area contributed by atoms with Gasteiger partial charge in [0.1, 0.15) is 6.10 Å². The zero-order valence-corrected chi connectivity index (χ0v) is 11.1. The van der Waals surface area contributed by atoms with Crippen LogP contribution in [0.3, 0.4) is 0 Å². The second-order valence-corrected chi connectivity index (χ2v) is 4.53. The molecule has 2 heterocycles. The van der Waals surface area contributed by atoms with Gasteiger partial charge in [0.05, 0.1) is 12.7 Å². The van der Waals surface area contributed by atoms with E-state index < -0.39 is 24.1 Å². The zero-order chi connectivity index (χ0) is 14.7. The molecule has 0 radical (unpaired) electrons. The first-order valence-corrected chi connectivity index (χ1v) is 6.28. The number of ether oxygens (including phenoxy) is 1. The minimum absolute atomic E-state index is 0.0608. The number of halogens is 1. The molecule has 0 amide bonds. The topological polar surface area (TPSA) is 117 Å². The maximum Gasteiger partial charge on any atom is 0.351 e. The lowest BCUT2D eigenvalue weighted by Gasteiger charge is -2.18. The summed E-state index contributed by atoms with van der Waals surface area (Å²) in [5, 5.41) is 27.8. The molecule has 1 aromatic rings. The maximum absolute atomic E-state index is 11.9. The fourth-order valence-electron chi connectivity index (χ4n) is 2.04. The molecular weight excluding hydrogens is 290 g/mol. The van der Waals surface area contributed by atoms with Crippen LogP contribution in [-0.2, 0) is 4.74 Å². The van der Waals surface area contributed by atoms with E-state index in [4.69, 9.17) is 26.7 Å². The number of aliphatic hydroxyl groups excluding tert-OH is 2. The summed E-state index contributed by atoms with van der Waals surface area (Å²) >= 11 is 5.47. The highest BCUT2D eigenvalue weighted by Gasteiger charge is 2.35. The Bertz CT molecular complexity index is 561. The van der Waals surface area contributed by atoms with Crippen LogP contribution in [0.4, 0.5) is 5.82 Å². The Morgan fingerprint density at radius 3 is 2.95 bits per heavy atom. The molecule has 0 aliphatic carbocycles. The van der Waals surface area contributed by atoms with Crippen molar-refractivity contribution in [2.24, 2.45) is 0 Å². The quantitative estimate of drug-likeness (QED) is 0.574. The van der Waals surface area contributed by atoms with Crippen molar-refractivity contribution in [1.82, 2.24) is 9.55 Å². The predicted molar refractivity (Wildman–Crippen MR) is 70.4 cm³/mol. The van der Waals surface area contributed by atoms with Crippen molar-refractivity contribution in [2.45, 2.75) is 24.9 Å². The van der Waals surface area contributed by atoms with Crippen molar-refractivity contribution in [3.8, 4) is 0 Å². The van der Waals surface area contributed by atoms with Gasteiger partial charge < -0.3 is 14.9 Å². The lowest BCUT2D eigenvalue weighted by Crippen LogP contribution is -2.32. The number of hydrogen-bond acceptors (Lipinski definition) is 7. The van der Waals surface area contributed by atoms with Gasteiger partial charge in [0.15, 0.2) is 12.0 Å². The first-order chi connectivity index (χ1) is 9.60. The summed E-state index contributed by atoms with van der Waals surface area (Å²) in [6.45, 7) is -0.250. The highest BCUT2D eigenvalue weighted by Crippen LogP contribution is 2.28. The van der Waals surface area contributed by atoms with Gasteiger partial charge in [0, 0.05) is 23.7 Å². The lowest BCUT2D eigenvalue weighted by atomic mass is 10.2. The normalized spacial score (nSPS) is 26.3. The van der Waals surface area contributed by atoms with Gasteiger partial charge in [0.2, 0.25) is 0 Å². The smallest absolute Gasteiger partial charge is 0.351 e. The Morgan fingerprint density at radius 2 is 2.40 bits per heavy atom. The molecule has 1 aliphatic rings. The van der Waals surface area contributed by atoms with E-state index in [9.17, 15) is 9.90 Å². The molecule has 2 rings (SSSR count). The summed E-state index contributed by atoms with van der Waals surface area (Å²) in [7, 11) is 0. The van der Waals surface area contributed by atoms with Gasteiger partial charge in [-0.05, 0) is 6.08 Å². The number of aromatic nitrogens is 2. The molecule has 0 saturated carbocycles. The third-order valence-corrected chi connectivity index (χ3v) is 3.10. The van der Waals surface area contributed by atoms with E-state index in [0.717, 1.165) is 4.57 Å². The minimum Gasteiger partial charge on any atom is -0.394 e. The maximum atomic E-state index is 11.9. The third kappa shape index (κ3) is 2.84. The van der Waals surface area contributed by atoms with Crippen LogP contribution < -0.4 is 11.2 Å². The molecule has 1 aliphatic heterocycles. The average Bonchev–Trinajstić information content (AvgIpc) is 2.81. The highest BCUT2D eigenvalue weighted by molar-refractivity contribution is 6.27. The van der Waals surface area contributed by atoms with Crippen molar-refractivity contribution in [3.63, 3.8) is 0 Å². The van der Waals surface area contributed by atoms with Crippen molar-refractivity contribution in [1.29, 1.82) is 0 Å². The summed E-state index contributed by atoms with van der Waals surface area (Å²) < 4.78 is 6.47. The second-order valence-electron chi connectivity index (χ2n) is 4.27. The third-order valence-electron chi connectivity index (χ3n) is 2.97. The SMILES string of the molecule is O=c1nc(NO)c(C=CCl)cn1[C@@H]1O[C@H](CO)CC1O. The van der Waals surface area contributed by atoms with E-state index in [1.165, 1.54) is 17.8 Å². The van der Waals surface area contributed by atoms with Crippen LogP contribution in [-0.4, -0.2) is 43.8 Å². The fraction of sp³-hybridized carbons (Fsp3) is 0.455. The Hall–Kier alpha value is -1.45. The van der Waals surface area contributed by atoms with Crippen LogP contribution in [0.5, 0.6) is 0 Å². The Labute approximate surface area is 118 Å². The largest absolute Gasteiger partial charge is 0.394 e. The molecule has 0 spiro atoms. The number of rotatable bonds is 4. The number of anilines is 1. The monoisotopic (exact) mass is 303 g/mol. The Balaban J connectivity index is 2.42. The van der Waals surface area contributed by atoms with Crippen molar-refractivity contribution >= 4 is 23.5 Å². The van der Waals surface area contributed by atoms with Crippen molar-refractivity contribution < 1.29 is 20.2 Å². The summed E-state index contributed by atoms with van der Waals surface area (Å²) in [6, 6.07) is 0. The summed E-state index contributed by atoms with van der Waals surface area (Å²) in [5.41, 5.74) is 2.61. The van der Waals surface area contributed by atoms with E-state index in [0.29, 0.717) is 5.56 Å².